The summed E-state index contributed by atoms with van der Waals surface area (Å²) in [5.41, 5.74) is 1.40. The number of nitrogens with zero attached hydrogens (tertiary/aromatic N) is 3. The monoisotopic (exact) mass is 443 g/mol. The molecule has 0 bridgehead atoms. The minimum Gasteiger partial charge on any atom is -0.493 e. The second kappa shape index (κ2) is 7.13. The van der Waals surface area contributed by atoms with Crippen molar-refractivity contribution >= 4 is 38.3 Å². The Hall–Kier alpha value is -2.71. The molecule has 0 fully saturated rings. The summed E-state index contributed by atoms with van der Waals surface area (Å²) in [6.45, 7) is 0. The SMILES string of the molecule is COc1cccc(C=c2sc3nc(-c4ccc(Br)cc4)nn3c2=O)c1OC. The predicted molar refractivity (Wildman–Crippen MR) is 109 cm³/mol. The summed E-state index contributed by atoms with van der Waals surface area (Å²) in [5, 5.41) is 4.36. The molecule has 0 amide bonds. The van der Waals surface area contributed by atoms with Gasteiger partial charge in [-0.3, -0.25) is 4.79 Å². The van der Waals surface area contributed by atoms with Crippen molar-refractivity contribution in [3.8, 4) is 22.9 Å². The van der Waals surface area contributed by atoms with Crippen LogP contribution in [0.2, 0.25) is 0 Å². The second-order valence-corrected chi connectivity index (χ2v) is 7.56. The first-order valence-electron chi connectivity index (χ1n) is 7.99. The Morgan fingerprint density at radius 3 is 2.56 bits per heavy atom. The van der Waals surface area contributed by atoms with Gasteiger partial charge in [0.25, 0.3) is 5.56 Å². The summed E-state index contributed by atoms with van der Waals surface area (Å²) in [5.74, 6) is 1.71. The van der Waals surface area contributed by atoms with Crippen LogP contribution in [-0.4, -0.2) is 28.8 Å². The quantitative estimate of drug-likeness (QED) is 0.484. The summed E-state index contributed by atoms with van der Waals surface area (Å²) in [6.07, 6.45) is 1.77. The van der Waals surface area contributed by atoms with E-state index < -0.39 is 0 Å². The fourth-order valence-electron chi connectivity index (χ4n) is 2.72. The summed E-state index contributed by atoms with van der Waals surface area (Å²) in [6, 6.07) is 13.2. The lowest BCUT2D eigenvalue weighted by Crippen LogP contribution is -2.23. The van der Waals surface area contributed by atoms with Gasteiger partial charge in [-0.25, -0.2) is 0 Å². The zero-order chi connectivity index (χ0) is 19.0. The molecule has 0 aliphatic carbocycles. The van der Waals surface area contributed by atoms with Crippen molar-refractivity contribution in [3.05, 3.63) is 67.4 Å². The van der Waals surface area contributed by atoms with E-state index in [9.17, 15) is 4.79 Å². The Morgan fingerprint density at radius 2 is 1.89 bits per heavy atom. The van der Waals surface area contributed by atoms with Crippen LogP contribution in [0.5, 0.6) is 11.5 Å². The summed E-state index contributed by atoms with van der Waals surface area (Å²) < 4.78 is 13.6. The van der Waals surface area contributed by atoms with Crippen LogP contribution < -0.4 is 19.6 Å². The van der Waals surface area contributed by atoms with Crippen LogP contribution >= 0.6 is 27.3 Å². The summed E-state index contributed by atoms with van der Waals surface area (Å²) in [4.78, 5) is 17.8. The zero-order valence-corrected chi connectivity index (χ0v) is 16.9. The minimum atomic E-state index is -0.212. The van der Waals surface area contributed by atoms with E-state index in [1.807, 2.05) is 42.5 Å². The molecular weight excluding hydrogens is 430 g/mol. The average molecular weight is 444 g/mol. The Kier molecular flexibility index (Phi) is 4.67. The molecule has 0 aliphatic heterocycles. The fourth-order valence-corrected chi connectivity index (χ4v) is 3.88. The van der Waals surface area contributed by atoms with Crippen molar-refractivity contribution in [1.29, 1.82) is 0 Å². The molecule has 0 N–H and O–H groups in total. The molecule has 4 aromatic rings. The van der Waals surface area contributed by atoms with Crippen molar-refractivity contribution in [3.63, 3.8) is 0 Å². The Morgan fingerprint density at radius 1 is 1.11 bits per heavy atom. The van der Waals surface area contributed by atoms with E-state index in [1.54, 1.807) is 20.3 Å². The van der Waals surface area contributed by atoms with Gasteiger partial charge in [-0.15, -0.1) is 5.10 Å². The molecule has 136 valence electrons. The Labute approximate surface area is 166 Å². The molecule has 0 atom stereocenters. The van der Waals surface area contributed by atoms with Crippen LogP contribution in [0.25, 0.3) is 22.4 Å². The Bertz CT molecular complexity index is 1230. The zero-order valence-electron chi connectivity index (χ0n) is 14.5. The van der Waals surface area contributed by atoms with Gasteiger partial charge < -0.3 is 9.47 Å². The highest BCUT2D eigenvalue weighted by Crippen LogP contribution is 2.31. The molecule has 0 spiro atoms. The number of ether oxygens (including phenoxy) is 2. The largest absolute Gasteiger partial charge is 0.493 e. The first kappa shape index (κ1) is 17.7. The lowest BCUT2D eigenvalue weighted by atomic mass is 10.2. The molecule has 6 nitrogen and oxygen atoms in total. The van der Waals surface area contributed by atoms with Gasteiger partial charge in [-0.2, -0.15) is 9.50 Å². The van der Waals surface area contributed by atoms with Gasteiger partial charge in [0.05, 0.1) is 18.8 Å². The molecule has 0 aliphatic rings. The number of thiazole rings is 1. The summed E-state index contributed by atoms with van der Waals surface area (Å²) in [7, 11) is 3.15. The molecule has 0 radical (unpaired) electrons. The van der Waals surface area contributed by atoms with Gasteiger partial charge in [-0.05, 0) is 24.3 Å². The van der Waals surface area contributed by atoms with Crippen LogP contribution in [-0.2, 0) is 0 Å². The van der Waals surface area contributed by atoms with Gasteiger partial charge >= 0.3 is 0 Å². The summed E-state index contributed by atoms with van der Waals surface area (Å²) >= 11 is 4.69. The van der Waals surface area contributed by atoms with Crippen LogP contribution in [0.15, 0.2) is 51.7 Å². The van der Waals surface area contributed by atoms with Crippen molar-refractivity contribution in [1.82, 2.24) is 14.6 Å². The van der Waals surface area contributed by atoms with Gasteiger partial charge in [-0.1, -0.05) is 51.5 Å². The van der Waals surface area contributed by atoms with E-state index in [2.05, 4.69) is 26.0 Å². The van der Waals surface area contributed by atoms with E-state index in [0.717, 1.165) is 15.6 Å². The normalized spacial score (nSPS) is 11.9. The number of hydrogen-bond acceptors (Lipinski definition) is 6. The van der Waals surface area contributed by atoms with Crippen molar-refractivity contribution in [2.24, 2.45) is 0 Å². The molecule has 2 aromatic carbocycles. The number of aromatic nitrogens is 3. The lowest BCUT2D eigenvalue weighted by Gasteiger charge is -2.09. The minimum absolute atomic E-state index is 0.212. The van der Waals surface area contributed by atoms with Crippen molar-refractivity contribution < 1.29 is 9.47 Å². The topological polar surface area (TPSA) is 65.7 Å². The standard InChI is InChI=1S/C19H14BrN3O3S/c1-25-14-5-3-4-12(16(14)26-2)10-15-18(24)23-19(27-15)21-17(22-23)11-6-8-13(20)9-7-11/h3-10H,1-2H3. The first-order valence-corrected chi connectivity index (χ1v) is 9.60. The molecule has 2 aromatic heterocycles. The van der Waals surface area contributed by atoms with Crippen LogP contribution in [0.3, 0.4) is 0 Å². The van der Waals surface area contributed by atoms with Gasteiger partial charge in [0, 0.05) is 15.6 Å². The highest BCUT2D eigenvalue weighted by molar-refractivity contribution is 9.10. The highest BCUT2D eigenvalue weighted by atomic mass is 79.9. The number of benzene rings is 2. The number of rotatable bonds is 4. The highest BCUT2D eigenvalue weighted by Gasteiger charge is 2.13. The van der Waals surface area contributed by atoms with E-state index in [-0.39, 0.29) is 5.56 Å². The van der Waals surface area contributed by atoms with E-state index in [0.29, 0.717) is 26.8 Å². The van der Waals surface area contributed by atoms with Crippen molar-refractivity contribution in [2.75, 3.05) is 14.2 Å². The van der Waals surface area contributed by atoms with Crippen molar-refractivity contribution in [2.45, 2.75) is 0 Å². The van der Waals surface area contributed by atoms with Gasteiger partial charge in [0.1, 0.15) is 0 Å². The average Bonchev–Trinajstić information content (AvgIpc) is 3.22. The number of hydrogen-bond donors (Lipinski definition) is 0. The maximum absolute atomic E-state index is 12.7. The Balaban J connectivity index is 1.82. The van der Waals surface area contributed by atoms with E-state index in [4.69, 9.17) is 9.47 Å². The third-order valence-electron chi connectivity index (χ3n) is 4.00. The maximum Gasteiger partial charge on any atom is 0.291 e. The van der Waals surface area contributed by atoms with Gasteiger partial charge in [0.2, 0.25) is 4.96 Å². The molecule has 0 saturated carbocycles. The maximum atomic E-state index is 12.7. The van der Waals surface area contributed by atoms with Gasteiger partial charge in [0.15, 0.2) is 17.3 Å². The lowest BCUT2D eigenvalue weighted by molar-refractivity contribution is 0.354. The first-order chi connectivity index (χ1) is 13.1. The second-order valence-electron chi connectivity index (χ2n) is 5.64. The predicted octanol–water partition coefficient (Wildman–Crippen LogP) is 3.15. The molecule has 2 heterocycles. The van der Waals surface area contributed by atoms with Crippen LogP contribution in [0.4, 0.5) is 0 Å². The molecule has 27 heavy (non-hydrogen) atoms. The van der Waals surface area contributed by atoms with Crippen LogP contribution in [0.1, 0.15) is 5.56 Å². The fraction of sp³-hybridized carbons (Fsp3) is 0.105. The molecular formula is C19H14BrN3O3S. The number of methoxy groups -OCH3 is 2. The van der Waals surface area contributed by atoms with E-state index >= 15 is 0 Å². The molecule has 0 saturated heterocycles. The number of para-hydroxylation sites is 1. The smallest absolute Gasteiger partial charge is 0.291 e. The molecule has 8 heteroatoms. The number of halogens is 1. The van der Waals surface area contributed by atoms with Crippen LogP contribution in [0, 0.1) is 0 Å². The molecule has 0 unspecified atom stereocenters. The number of fused-ring (bicyclic) bond motifs is 1. The third-order valence-corrected chi connectivity index (χ3v) is 5.49. The third kappa shape index (κ3) is 3.22. The molecule has 4 rings (SSSR count). The van der Waals surface area contributed by atoms with E-state index in [1.165, 1.54) is 15.9 Å².